The lowest BCUT2D eigenvalue weighted by Crippen LogP contribution is -2.56. The van der Waals surface area contributed by atoms with Gasteiger partial charge in [-0.2, -0.15) is 0 Å². The third-order valence-corrected chi connectivity index (χ3v) is 4.08. The molecule has 1 saturated heterocycles. The lowest BCUT2D eigenvalue weighted by molar-refractivity contribution is 0.133. The third-order valence-electron chi connectivity index (χ3n) is 3.22. The van der Waals surface area contributed by atoms with Crippen molar-refractivity contribution in [3.8, 4) is 10.8 Å². The maximum absolute atomic E-state index is 5.71. The smallest absolute Gasteiger partial charge is 0.257 e. The average molecular weight is 264 g/mol. The molecule has 0 saturated carbocycles. The summed E-state index contributed by atoms with van der Waals surface area (Å²) in [5.74, 6) is 1.33. The van der Waals surface area contributed by atoms with Crippen LogP contribution < -0.4 is 5.32 Å². The van der Waals surface area contributed by atoms with Crippen molar-refractivity contribution < 1.29 is 4.42 Å². The number of rotatable bonds is 5. The van der Waals surface area contributed by atoms with E-state index in [0.29, 0.717) is 17.8 Å². The van der Waals surface area contributed by atoms with Crippen LogP contribution in [0.15, 0.2) is 21.9 Å². The van der Waals surface area contributed by atoms with Gasteiger partial charge >= 0.3 is 0 Å². The molecule has 0 bridgehead atoms. The first-order valence-electron chi connectivity index (χ1n) is 6.18. The van der Waals surface area contributed by atoms with E-state index in [1.54, 1.807) is 11.3 Å². The van der Waals surface area contributed by atoms with Crippen LogP contribution in [-0.4, -0.2) is 40.8 Å². The van der Waals surface area contributed by atoms with E-state index in [2.05, 4.69) is 27.3 Å². The molecule has 1 N–H and O–H groups in total. The van der Waals surface area contributed by atoms with Crippen LogP contribution in [0.1, 0.15) is 12.8 Å². The van der Waals surface area contributed by atoms with Crippen molar-refractivity contribution in [3.63, 3.8) is 0 Å². The summed E-state index contributed by atoms with van der Waals surface area (Å²) in [7, 11) is 0. The van der Waals surface area contributed by atoms with Crippen molar-refractivity contribution in [2.75, 3.05) is 19.6 Å². The highest BCUT2D eigenvalue weighted by Gasteiger charge is 2.24. The molecule has 96 valence electrons. The molecule has 0 aliphatic carbocycles. The van der Waals surface area contributed by atoms with Gasteiger partial charge in [-0.25, -0.2) is 0 Å². The molecule has 1 aliphatic heterocycles. The first-order chi connectivity index (χ1) is 8.86. The molecule has 0 spiro atoms. The monoisotopic (exact) mass is 264 g/mol. The molecule has 0 atom stereocenters. The predicted molar refractivity (Wildman–Crippen MR) is 70.4 cm³/mol. The van der Waals surface area contributed by atoms with E-state index in [1.807, 2.05) is 17.5 Å². The van der Waals surface area contributed by atoms with Crippen molar-refractivity contribution >= 4 is 11.3 Å². The summed E-state index contributed by atoms with van der Waals surface area (Å²) in [5, 5.41) is 13.5. The standard InChI is InChI=1S/C12H16N4OS/c1-2-16(9-6-13-7-9)8-11-14-15-12(17-11)10-4-3-5-18-10/h3-5,9,13H,2,6-8H2,1H3. The summed E-state index contributed by atoms with van der Waals surface area (Å²) in [6.07, 6.45) is 0. The number of nitrogens with zero attached hydrogens (tertiary/aromatic N) is 3. The Morgan fingerprint density at radius 1 is 1.50 bits per heavy atom. The number of nitrogens with one attached hydrogen (secondary N) is 1. The maximum Gasteiger partial charge on any atom is 0.257 e. The minimum Gasteiger partial charge on any atom is -0.419 e. The highest BCUT2D eigenvalue weighted by Crippen LogP contribution is 2.23. The Labute approximate surface area is 110 Å². The number of hydrogen-bond acceptors (Lipinski definition) is 6. The van der Waals surface area contributed by atoms with E-state index in [9.17, 15) is 0 Å². The summed E-state index contributed by atoms with van der Waals surface area (Å²) in [4.78, 5) is 3.39. The van der Waals surface area contributed by atoms with Gasteiger partial charge in [-0.05, 0) is 18.0 Å². The zero-order valence-electron chi connectivity index (χ0n) is 10.3. The largest absolute Gasteiger partial charge is 0.419 e. The van der Waals surface area contributed by atoms with E-state index in [4.69, 9.17) is 4.42 Å². The Hall–Kier alpha value is -1.24. The van der Waals surface area contributed by atoms with Gasteiger partial charge in [0.25, 0.3) is 5.89 Å². The van der Waals surface area contributed by atoms with Crippen LogP contribution in [0.3, 0.4) is 0 Å². The zero-order chi connectivity index (χ0) is 12.4. The van der Waals surface area contributed by atoms with Gasteiger partial charge in [0.15, 0.2) is 0 Å². The van der Waals surface area contributed by atoms with E-state index < -0.39 is 0 Å². The SMILES string of the molecule is CCN(Cc1nnc(-c2cccs2)o1)C1CNC1. The van der Waals surface area contributed by atoms with Crippen LogP contribution in [-0.2, 0) is 6.54 Å². The van der Waals surface area contributed by atoms with Crippen LogP contribution in [0.25, 0.3) is 10.8 Å². The second kappa shape index (κ2) is 5.17. The summed E-state index contributed by atoms with van der Waals surface area (Å²) in [6, 6.07) is 4.59. The molecule has 2 aromatic rings. The summed E-state index contributed by atoms with van der Waals surface area (Å²) in [5.41, 5.74) is 0. The molecular formula is C12H16N4OS. The molecule has 5 nitrogen and oxygen atoms in total. The summed E-state index contributed by atoms with van der Waals surface area (Å²) >= 11 is 1.62. The first-order valence-corrected chi connectivity index (χ1v) is 7.06. The number of thiophene rings is 1. The Kier molecular flexibility index (Phi) is 3.40. The van der Waals surface area contributed by atoms with E-state index >= 15 is 0 Å². The number of hydrogen-bond donors (Lipinski definition) is 1. The summed E-state index contributed by atoms with van der Waals surface area (Å²) in [6.45, 7) is 6.01. The van der Waals surface area contributed by atoms with Crippen molar-refractivity contribution in [2.45, 2.75) is 19.5 Å². The van der Waals surface area contributed by atoms with Gasteiger partial charge < -0.3 is 9.73 Å². The van der Waals surface area contributed by atoms with Crippen molar-refractivity contribution in [2.24, 2.45) is 0 Å². The van der Waals surface area contributed by atoms with Crippen LogP contribution in [0, 0.1) is 0 Å². The molecule has 0 aromatic carbocycles. The van der Waals surface area contributed by atoms with Gasteiger partial charge in [-0.1, -0.05) is 13.0 Å². The summed E-state index contributed by atoms with van der Waals surface area (Å²) < 4.78 is 5.71. The fraction of sp³-hybridized carbons (Fsp3) is 0.500. The molecule has 6 heteroatoms. The lowest BCUT2D eigenvalue weighted by atomic mass is 10.1. The lowest BCUT2D eigenvalue weighted by Gasteiger charge is -2.36. The van der Waals surface area contributed by atoms with E-state index in [-0.39, 0.29) is 0 Å². The second-order valence-corrected chi connectivity index (χ2v) is 5.30. The first kappa shape index (κ1) is 11.8. The van der Waals surface area contributed by atoms with Crippen LogP contribution >= 0.6 is 11.3 Å². The van der Waals surface area contributed by atoms with Gasteiger partial charge in [0.05, 0.1) is 11.4 Å². The van der Waals surface area contributed by atoms with Gasteiger partial charge in [-0.15, -0.1) is 21.5 Å². The van der Waals surface area contributed by atoms with Crippen molar-refractivity contribution in [1.82, 2.24) is 20.4 Å². The molecule has 3 heterocycles. The Morgan fingerprint density at radius 3 is 3.00 bits per heavy atom. The fourth-order valence-electron chi connectivity index (χ4n) is 2.02. The van der Waals surface area contributed by atoms with Gasteiger partial charge in [0.1, 0.15) is 0 Å². The Balaban J connectivity index is 1.69. The maximum atomic E-state index is 5.71. The van der Waals surface area contributed by atoms with E-state index in [0.717, 1.165) is 31.1 Å². The van der Waals surface area contributed by atoms with Crippen LogP contribution in [0.2, 0.25) is 0 Å². The second-order valence-electron chi connectivity index (χ2n) is 4.35. The van der Waals surface area contributed by atoms with Crippen LogP contribution in [0.4, 0.5) is 0 Å². The quantitative estimate of drug-likeness (QED) is 0.889. The fourth-order valence-corrected chi connectivity index (χ4v) is 2.67. The molecule has 18 heavy (non-hydrogen) atoms. The molecule has 3 rings (SSSR count). The van der Waals surface area contributed by atoms with Gasteiger partial charge in [-0.3, -0.25) is 4.90 Å². The highest BCUT2D eigenvalue weighted by atomic mass is 32.1. The zero-order valence-corrected chi connectivity index (χ0v) is 11.1. The van der Waals surface area contributed by atoms with Crippen LogP contribution in [0.5, 0.6) is 0 Å². The molecule has 2 aromatic heterocycles. The third kappa shape index (κ3) is 2.31. The average Bonchev–Trinajstić information content (AvgIpc) is 2.95. The minimum atomic E-state index is 0.604. The van der Waals surface area contributed by atoms with Crippen molar-refractivity contribution in [1.29, 1.82) is 0 Å². The number of aromatic nitrogens is 2. The molecule has 0 unspecified atom stereocenters. The molecule has 1 aliphatic rings. The molecule has 1 fully saturated rings. The van der Waals surface area contributed by atoms with Crippen molar-refractivity contribution in [3.05, 3.63) is 23.4 Å². The molecule has 0 radical (unpaired) electrons. The molecule has 0 amide bonds. The topological polar surface area (TPSA) is 54.2 Å². The normalized spacial score (nSPS) is 16.1. The predicted octanol–water partition coefficient (Wildman–Crippen LogP) is 1.59. The number of likely N-dealkylation sites (N-methyl/N-ethyl adjacent to an activating group) is 1. The Bertz CT molecular complexity index is 492. The Morgan fingerprint density at radius 2 is 2.39 bits per heavy atom. The minimum absolute atomic E-state index is 0.604. The van der Waals surface area contributed by atoms with Gasteiger partial charge in [0, 0.05) is 19.1 Å². The van der Waals surface area contributed by atoms with E-state index in [1.165, 1.54) is 0 Å². The van der Waals surface area contributed by atoms with Gasteiger partial charge in [0.2, 0.25) is 5.89 Å². The highest BCUT2D eigenvalue weighted by molar-refractivity contribution is 7.13. The molecular weight excluding hydrogens is 248 g/mol.